The summed E-state index contributed by atoms with van der Waals surface area (Å²) in [5.74, 6) is 0.109. The Balaban J connectivity index is 1.80. The van der Waals surface area contributed by atoms with Gasteiger partial charge in [-0.3, -0.25) is 4.79 Å². The fraction of sp³-hybridized carbons (Fsp3) is 0.391. The highest BCUT2D eigenvalue weighted by Gasteiger charge is 2.42. The summed E-state index contributed by atoms with van der Waals surface area (Å²) in [6.07, 6.45) is 5.31. The van der Waals surface area contributed by atoms with Crippen LogP contribution in [0.5, 0.6) is 5.75 Å². The number of halogens is 1. The molecule has 0 unspecified atom stereocenters. The van der Waals surface area contributed by atoms with Crippen LogP contribution in [-0.4, -0.2) is 12.5 Å². The van der Waals surface area contributed by atoms with Gasteiger partial charge in [0.2, 0.25) is 5.91 Å². The molecule has 1 amide bonds. The second kappa shape index (κ2) is 8.88. The lowest BCUT2D eigenvalue weighted by molar-refractivity contribution is -0.121. The summed E-state index contributed by atoms with van der Waals surface area (Å²) >= 11 is 0. The molecule has 2 aromatic carbocycles. The van der Waals surface area contributed by atoms with Crippen LogP contribution in [0.4, 0.5) is 10.1 Å². The van der Waals surface area contributed by atoms with E-state index in [4.69, 9.17) is 4.74 Å². The molecule has 5 heteroatoms. The van der Waals surface area contributed by atoms with Crippen molar-refractivity contribution in [1.82, 2.24) is 0 Å². The molecule has 0 bridgehead atoms. The molecule has 1 aliphatic carbocycles. The van der Waals surface area contributed by atoms with Crippen LogP contribution in [0.25, 0.3) is 0 Å². The smallest absolute Gasteiger partial charge is 0.235 e. The van der Waals surface area contributed by atoms with Gasteiger partial charge in [-0.05, 0) is 55.2 Å². The summed E-state index contributed by atoms with van der Waals surface area (Å²) < 4.78 is 19.0. The van der Waals surface area contributed by atoms with Crippen molar-refractivity contribution in [1.29, 1.82) is 5.26 Å². The predicted octanol–water partition coefficient (Wildman–Crippen LogP) is 5.33. The molecule has 1 aliphatic rings. The van der Waals surface area contributed by atoms with E-state index in [0.29, 0.717) is 23.6 Å². The first-order chi connectivity index (χ1) is 13.6. The summed E-state index contributed by atoms with van der Waals surface area (Å²) in [5.41, 5.74) is 1.15. The first-order valence-corrected chi connectivity index (χ1v) is 9.83. The van der Waals surface area contributed by atoms with Crippen LogP contribution in [0.1, 0.15) is 56.6 Å². The maximum absolute atomic E-state index is 13.3. The highest BCUT2D eigenvalue weighted by atomic mass is 19.1. The zero-order chi connectivity index (χ0) is 20.0. The third kappa shape index (κ3) is 4.17. The highest BCUT2D eigenvalue weighted by Crippen LogP contribution is 2.42. The van der Waals surface area contributed by atoms with Gasteiger partial charge in [-0.25, -0.2) is 4.39 Å². The number of nitrogens with one attached hydrogen (secondary N) is 1. The monoisotopic (exact) mass is 380 g/mol. The number of ether oxygens (including phenoxy) is 1. The van der Waals surface area contributed by atoms with Gasteiger partial charge < -0.3 is 10.1 Å². The molecule has 1 fully saturated rings. The van der Waals surface area contributed by atoms with Gasteiger partial charge >= 0.3 is 0 Å². The van der Waals surface area contributed by atoms with E-state index >= 15 is 0 Å². The minimum absolute atomic E-state index is 0.111. The van der Waals surface area contributed by atoms with E-state index in [1.165, 1.54) is 12.1 Å². The molecule has 146 valence electrons. The van der Waals surface area contributed by atoms with Crippen molar-refractivity contribution >= 4 is 11.6 Å². The highest BCUT2D eigenvalue weighted by molar-refractivity contribution is 5.99. The number of anilines is 1. The molecule has 0 atom stereocenters. The fourth-order valence-electron chi connectivity index (χ4n) is 3.79. The summed E-state index contributed by atoms with van der Waals surface area (Å²) in [6.45, 7) is 2.64. The Morgan fingerprint density at radius 1 is 1.21 bits per heavy atom. The largest absolute Gasteiger partial charge is 0.492 e. The summed E-state index contributed by atoms with van der Waals surface area (Å²) in [5, 5.41) is 12.4. The van der Waals surface area contributed by atoms with Crippen molar-refractivity contribution in [3.63, 3.8) is 0 Å². The van der Waals surface area contributed by atoms with Crippen molar-refractivity contribution in [2.45, 2.75) is 50.9 Å². The van der Waals surface area contributed by atoms with E-state index < -0.39 is 5.41 Å². The van der Waals surface area contributed by atoms with Crippen molar-refractivity contribution in [3.8, 4) is 11.8 Å². The lowest BCUT2D eigenvalue weighted by Gasteiger charge is -2.28. The number of nitriles is 1. The standard InChI is InChI=1S/C23H25FN2O2/c1-2-3-14-28-21-11-10-20(15-17(21)16-25)26-22(27)23(12-4-5-13-23)18-6-8-19(24)9-7-18/h6-11,15H,2-5,12-14H2,1H3,(H,26,27). The number of unbranched alkanes of at least 4 members (excludes halogenated alkanes) is 1. The molecule has 0 saturated heterocycles. The average Bonchev–Trinajstić information content (AvgIpc) is 3.21. The van der Waals surface area contributed by atoms with Crippen LogP contribution < -0.4 is 10.1 Å². The molecule has 2 aromatic rings. The normalized spacial score (nSPS) is 15.0. The number of hydrogen-bond acceptors (Lipinski definition) is 3. The van der Waals surface area contributed by atoms with E-state index in [0.717, 1.165) is 44.1 Å². The van der Waals surface area contributed by atoms with Crippen LogP contribution in [0, 0.1) is 17.1 Å². The van der Waals surface area contributed by atoms with Crippen LogP contribution >= 0.6 is 0 Å². The van der Waals surface area contributed by atoms with Crippen molar-refractivity contribution in [3.05, 3.63) is 59.4 Å². The van der Waals surface area contributed by atoms with Gasteiger partial charge in [0.1, 0.15) is 17.6 Å². The Kier molecular flexibility index (Phi) is 6.30. The Labute approximate surface area is 165 Å². The Morgan fingerprint density at radius 3 is 2.57 bits per heavy atom. The summed E-state index contributed by atoms with van der Waals surface area (Å²) in [6, 6.07) is 13.5. The minimum Gasteiger partial charge on any atom is -0.492 e. The van der Waals surface area contributed by atoms with E-state index in [9.17, 15) is 14.4 Å². The summed E-state index contributed by atoms with van der Waals surface area (Å²) in [4.78, 5) is 13.2. The third-order valence-corrected chi connectivity index (χ3v) is 5.40. The number of rotatable bonds is 7. The minimum atomic E-state index is -0.656. The molecule has 1 saturated carbocycles. The lowest BCUT2D eigenvalue weighted by atomic mass is 9.78. The summed E-state index contributed by atoms with van der Waals surface area (Å²) in [7, 11) is 0. The zero-order valence-corrected chi connectivity index (χ0v) is 16.1. The second-order valence-electron chi connectivity index (χ2n) is 7.27. The molecular formula is C23H25FN2O2. The molecule has 28 heavy (non-hydrogen) atoms. The van der Waals surface area contributed by atoms with Gasteiger partial charge in [0.25, 0.3) is 0 Å². The van der Waals surface area contributed by atoms with E-state index in [-0.39, 0.29) is 11.7 Å². The first-order valence-electron chi connectivity index (χ1n) is 9.83. The van der Waals surface area contributed by atoms with Crippen LogP contribution in [0.3, 0.4) is 0 Å². The van der Waals surface area contributed by atoms with E-state index in [1.807, 2.05) is 0 Å². The van der Waals surface area contributed by atoms with Crippen LogP contribution in [0.15, 0.2) is 42.5 Å². The molecule has 4 nitrogen and oxygen atoms in total. The Hall–Kier alpha value is -2.87. The topological polar surface area (TPSA) is 62.1 Å². The number of carbonyl (C=O) groups is 1. The molecule has 0 aromatic heterocycles. The first kappa shape index (κ1) is 19.9. The van der Waals surface area contributed by atoms with E-state index in [2.05, 4.69) is 18.3 Å². The molecule has 0 radical (unpaired) electrons. The van der Waals surface area contributed by atoms with Gasteiger partial charge in [0, 0.05) is 5.69 Å². The van der Waals surface area contributed by atoms with Gasteiger partial charge in [-0.2, -0.15) is 5.26 Å². The third-order valence-electron chi connectivity index (χ3n) is 5.40. The SMILES string of the molecule is CCCCOc1ccc(NC(=O)C2(c3ccc(F)cc3)CCCC2)cc1C#N. The van der Waals surface area contributed by atoms with Gasteiger partial charge in [-0.15, -0.1) is 0 Å². The number of amides is 1. The Morgan fingerprint density at radius 2 is 1.93 bits per heavy atom. The lowest BCUT2D eigenvalue weighted by Crippen LogP contribution is -2.38. The average molecular weight is 380 g/mol. The number of hydrogen-bond donors (Lipinski definition) is 1. The molecule has 0 aliphatic heterocycles. The molecule has 1 N–H and O–H groups in total. The quantitative estimate of drug-likeness (QED) is 0.661. The maximum Gasteiger partial charge on any atom is 0.235 e. The molecule has 3 rings (SSSR count). The molecule has 0 spiro atoms. The van der Waals surface area contributed by atoms with E-state index in [1.54, 1.807) is 30.3 Å². The van der Waals surface area contributed by atoms with Gasteiger partial charge in [-0.1, -0.05) is 38.3 Å². The fourth-order valence-corrected chi connectivity index (χ4v) is 3.79. The van der Waals surface area contributed by atoms with Crippen LogP contribution in [-0.2, 0) is 10.2 Å². The molecular weight excluding hydrogens is 355 g/mol. The molecule has 0 heterocycles. The maximum atomic E-state index is 13.3. The van der Waals surface area contributed by atoms with Gasteiger partial charge in [0.05, 0.1) is 17.6 Å². The number of carbonyl (C=O) groups excluding carboxylic acids is 1. The van der Waals surface area contributed by atoms with Gasteiger partial charge in [0.15, 0.2) is 0 Å². The predicted molar refractivity (Wildman–Crippen MR) is 107 cm³/mol. The zero-order valence-electron chi connectivity index (χ0n) is 16.1. The number of nitrogens with zero attached hydrogens (tertiary/aromatic N) is 1. The Bertz CT molecular complexity index is 865. The number of benzene rings is 2. The van der Waals surface area contributed by atoms with Crippen molar-refractivity contribution in [2.75, 3.05) is 11.9 Å². The van der Waals surface area contributed by atoms with Crippen molar-refractivity contribution in [2.24, 2.45) is 0 Å². The van der Waals surface area contributed by atoms with Crippen LogP contribution in [0.2, 0.25) is 0 Å². The second-order valence-corrected chi connectivity index (χ2v) is 7.27. The van der Waals surface area contributed by atoms with Crippen molar-refractivity contribution < 1.29 is 13.9 Å².